The maximum absolute atomic E-state index is 12.5. The van der Waals surface area contributed by atoms with Gasteiger partial charge in [-0.05, 0) is 30.2 Å². The van der Waals surface area contributed by atoms with Crippen LogP contribution in [0.2, 0.25) is 5.15 Å². The van der Waals surface area contributed by atoms with Gasteiger partial charge in [-0.1, -0.05) is 25.4 Å². The number of hydrogen-bond acceptors (Lipinski definition) is 2. The predicted molar refractivity (Wildman–Crippen MR) is 73.1 cm³/mol. The topological polar surface area (TPSA) is 34.9 Å². The van der Waals surface area contributed by atoms with Gasteiger partial charge in [-0.3, -0.25) is 4.79 Å². The van der Waals surface area contributed by atoms with Gasteiger partial charge in [0.15, 0.2) is 6.29 Å². The SMILES string of the molecule is CC(C)c1nn(-c2ccc(C(F)(F)F)cc2)c(Cl)c1C=O. The summed E-state index contributed by atoms with van der Waals surface area (Å²) in [5.41, 5.74) is 0.374. The van der Waals surface area contributed by atoms with E-state index in [2.05, 4.69) is 5.10 Å². The lowest BCUT2D eigenvalue weighted by Crippen LogP contribution is -2.05. The van der Waals surface area contributed by atoms with Crippen LogP contribution in [0, 0.1) is 0 Å². The first-order valence-corrected chi connectivity index (χ1v) is 6.54. The van der Waals surface area contributed by atoms with Crippen LogP contribution < -0.4 is 0 Å². The predicted octanol–water partition coefficient (Wildman–Crippen LogP) is 4.48. The van der Waals surface area contributed by atoms with Crippen LogP contribution in [0.25, 0.3) is 5.69 Å². The fraction of sp³-hybridized carbons (Fsp3) is 0.286. The monoisotopic (exact) mass is 316 g/mol. The standard InChI is InChI=1S/C14H12ClF3N2O/c1-8(2)12-11(7-21)13(15)20(19-12)10-5-3-9(4-6-10)14(16,17)18/h3-8H,1-2H3. The highest BCUT2D eigenvalue weighted by Crippen LogP contribution is 2.31. The molecule has 0 amide bonds. The molecule has 0 fully saturated rings. The smallest absolute Gasteiger partial charge is 0.298 e. The third kappa shape index (κ3) is 2.95. The van der Waals surface area contributed by atoms with E-state index in [0.717, 1.165) is 12.1 Å². The average Bonchev–Trinajstić information content (AvgIpc) is 2.75. The number of nitrogens with zero attached hydrogens (tertiary/aromatic N) is 2. The van der Waals surface area contributed by atoms with Crippen LogP contribution >= 0.6 is 11.6 Å². The number of carbonyl (C=O) groups excluding carboxylic acids is 1. The van der Waals surface area contributed by atoms with E-state index in [1.165, 1.54) is 16.8 Å². The molecular weight excluding hydrogens is 305 g/mol. The van der Waals surface area contributed by atoms with Crippen LogP contribution in [0.5, 0.6) is 0 Å². The molecule has 1 aromatic heterocycles. The zero-order valence-corrected chi connectivity index (χ0v) is 12.0. The summed E-state index contributed by atoms with van der Waals surface area (Å²) < 4.78 is 38.9. The van der Waals surface area contributed by atoms with E-state index in [-0.39, 0.29) is 16.6 Å². The molecule has 0 spiro atoms. The van der Waals surface area contributed by atoms with Crippen molar-refractivity contribution in [1.82, 2.24) is 9.78 Å². The van der Waals surface area contributed by atoms with Gasteiger partial charge in [0.1, 0.15) is 5.15 Å². The van der Waals surface area contributed by atoms with Crippen molar-refractivity contribution in [3.05, 3.63) is 46.2 Å². The molecule has 1 heterocycles. The average molecular weight is 317 g/mol. The zero-order valence-electron chi connectivity index (χ0n) is 11.3. The highest BCUT2D eigenvalue weighted by atomic mass is 35.5. The molecule has 0 saturated heterocycles. The number of halogens is 4. The Morgan fingerprint density at radius 2 is 1.81 bits per heavy atom. The van der Waals surface area contributed by atoms with Gasteiger partial charge in [0.05, 0.1) is 22.5 Å². The first-order valence-electron chi connectivity index (χ1n) is 6.17. The largest absolute Gasteiger partial charge is 0.416 e. The van der Waals surface area contributed by atoms with Crippen molar-refractivity contribution >= 4 is 17.9 Å². The van der Waals surface area contributed by atoms with Crippen LogP contribution in [0.15, 0.2) is 24.3 Å². The Labute approximate surface area is 124 Å². The summed E-state index contributed by atoms with van der Waals surface area (Å²) in [5.74, 6) is -0.0293. The van der Waals surface area contributed by atoms with Crippen LogP contribution in [0.3, 0.4) is 0 Å². The van der Waals surface area contributed by atoms with Crippen LogP contribution in [0.1, 0.15) is 41.4 Å². The van der Waals surface area contributed by atoms with Crippen LogP contribution in [0.4, 0.5) is 13.2 Å². The van der Waals surface area contributed by atoms with Gasteiger partial charge in [-0.25, -0.2) is 4.68 Å². The fourth-order valence-corrected chi connectivity index (χ4v) is 2.20. The first kappa shape index (κ1) is 15.6. The molecule has 112 valence electrons. The molecule has 0 N–H and O–H groups in total. The van der Waals surface area contributed by atoms with Crippen LogP contribution in [-0.4, -0.2) is 16.1 Å². The maximum Gasteiger partial charge on any atom is 0.416 e. The van der Waals surface area contributed by atoms with Gasteiger partial charge in [0.2, 0.25) is 0 Å². The highest BCUT2D eigenvalue weighted by molar-refractivity contribution is 6.32. The fourth-order valence-electron chi connectivity index (χ4n) is 1.92. The third-order valence-electron chi connectivity index (χ3n) is 3.00. The van der Waals surface area contributed by atoms with Crippen molar-refractivity contribution < 1.29 is 18.0 Å². The van der Waals surface area contributed by atoms with Crippen molar-refractivity contribution in [3.8, 4) is 5.69 Å². The minimum absolute atomic E-state index is 0.0293. The normalized spacial score (nSPS) is 12.0. The summed E-state index contributed by atoms with van der Waals surface area (Å²) in [5, 5.41) is 4.31. The molecule has 0 aliphatic heterocycles. The van der Waals surface area contributed by atoms with E-state index in [0.29, 0.717) is 17.7 Å². The summed E-state index contributed by atoms with van der Waals surface area (Å²) in [7, 11) is 0. The highest BCUT2D eigenvalue weighted by Gasteiger charge is 2.30. The van der Waals surface area contributed by atoms with E-state index in [4.69, 9.17) is 11.6 Å². The second kappa shape index (κ2) is 5.52. The van der Waals surface area contributed by atoms with Crippen molar-refractivity contribution in [2.75, 3.05) is 0 Å². The van der Waals surface area contributed by atoms with Gasteiger partial charge in [-0.15, -0.1) is 0 Å². The molecule has 0 aliphatic carbocycles. The molecule has 0 bridgehead atoms. The second-order valence-corrected chi connectivity index (χ2v) is 5.18. The van der Waals surface area contributed by atoms with Gasteiger partial charge in [0, 0.05) is 0 Å². The van der Waals surface area contributed by atoms with E-state index < -0.39 is 11.7 Å². The first-order chi connectivity index (χ1) is 9.75. The van der Waals surface area contributed by atoms with E-state index >= 15 is 0 Å². The molecular formula is C14H12ClF3N2O. The Balaban J connectivity index is 2.50. The molecule has 2 aromatic rings. The molecule has 1 aromatic carbocycles. The number of alkyl halides is 3. The van der Waals surface area contributed by atoms with E-state index in [9.17, 15) is 18.0 Å². The van der Waals surface area contributed by atoms with Crippen molar-refractivity contribution in [1.29, 1.82) is 0 Å². The molecule has 2 rings (SSSR count). The number of carbonyl (C=O) groups is 1. The van der Waals surface area contributed by atoms with Gasteiger partial charge >= 0.3 is 6.18 Å². The molecule has 3 nitrogen and oxygen atoms in total. The minimum atomic E-state index is -4.40. The van der Waals surface area contributed by atoms with Crippen molar-refractivity contribution in [2.45, 2.75) is 25.9 Å². The Morgan fingerprint density at radius 3 is 2.19 bits per heavy atom. The van der Waals surface area contributed by atoms with Crippen molar-refractivity contribution in [2.24, 2.45) is 0 Å². The Morgan fingerprint density at radius 1 is 1.24 bits per heavy atom. The lowest BCUT2D eigenvalue weighted by atomic mass is 10.1. The molecule has 0 radical (unpaired) electrons. The molecule has 0 atom stereocenters. The zero-order chi connectivity index (χ0) is 15.8. The van der Waals surface area contributed by atoms with Gasteiger partial charge in [0.25, 0.3) is 0 Å². The van der Waals surface area contributed by atoms with Gasteiger partial charge < -0.3 is 0 Å². The van der Waals surface area contributed by atoms with Crippen molar-refractivity contribution in [3.63, 3.8) is 0 Å². The number of aldehydes is 1. The number of hydrogen-bond donors (Lipinski definition) is 0. The summed E-state index contributed by atoms with van der Waals surface area (Å²) in [6.07, 6.45) is -3.80. The summed E-state index contributed by atoms with van der Waals surface area (Å²) in [6.45, 7) is 3.70. The Hall–Kier alpha value is -1.82. The molecule has 0 unspecified atom stereocenters. The third-order valence-corrected chi connectivity index (χ3v) is 3.36. The minimum Gasteiger partial charge on any atom is -0.298 e. The molecule has 7 heteroatoms. The quantitative estimate of drug-likeness (QED) is 0.782. The lowest BCUT2D eigenvalue weighted by molar-refractivity contribution is -0.137. The van der Waals surface area contributed by atoms with Crippen LogP contribution in [-0.2, 0) is 6.18 Å². The molecule has 0 aliphatic rings. The summed E-state index contributed by atoms with van der Waals surface area (Å²) in [4.78, 5) is 11.1. The number of aromatic nitrogens is 2. The maximum atomic E-state index is 12.5. The second-order valence-electron chi connectivity index (χ2n) is 4.82. The number of rotatable bonds is 3. The summed E-state index contributed by atoms with van der Waals surface area (Å²) in [6, 6.07) is 4.42. The summed E-state index contributed by atoms with van der Waals surface area (Å²) >= 11 is 6.08. The Kier molecular flexibility index (Phi) is 4.09. The van der Waals surface area contributed by atoms with E-state index in [1.807, 2.05) is 13.8 Å². The molecule has 0 saturated carbocycles. The van der Waals surface area contributed by atoms with Gasteiger partial charge in [-0.2, -0.15) is 18.3 Å². The Bertz CT molecular complexity index is 660. The number of benzene rings is 1. The molecule has 21 heavy (non-hydrogen) atoms. The van der Waals surface area contributed by atoms with E-state index in [1.54, 1.807) is 0 Å². The lowest BCUT2D eigenvalue weighted by Gasteiger charge is -2.08.